The van der Waals surface area contributed by atoms with Gasteiger partial charge in [0.25, 0.3) is 0 Å². The van der Waals surface area contributed by atoms with Gasteiger partial charge in [0.15, 0.2) is 15.7 Å². The van der Waals surface area contributed by atoms with Gasteiger partial charge in [-0.25, -0.2) is 8.42 Å². The fourth-order valence-corrected chi connectivity index (χ4v) is 4.32. The van der Waals surface area contributed by atoms with Gasteiger partial charge in [-0.05, 0) is 35.4 Å². The van der Waals surface area contributed by atoms with Crippen LogP contribution in [0, 0.1) is 0 Å². The van der Waals surface area contributed by atoms with E-state index in [1.165, 1.54) is 0 Å². The highest BCUT2D eigenvalue weighted by atomic mass is 32.2. The molecule has 0 spiro atoms. The van der Waals surface area contributed by atoms with E-state index in [-0.39, 0.29) is 5.25 Å². The number of nitrogens with one attached hydrogen (secondary N) is 1. The lowest BCUT2D eigenvalue weighted by Gasteiger charge is -2.10. The van der Waals surface area contributed by atoms with Crippen LogP contribution in [0.15, 0.2) is 30.3 Å². The van der Waals surface area contributed by atoms with E-state index in [0.717, 1.165) is 18.5 Å². The van der Waals surface area contributed by atoms with Gasteiger partial charge in [0.2, 0.25) is 0 Å². The zero-order chi connectivity index (χ0) is 14.7. The molecule has 3 rings (SSSR count). The first-order valence-electron chi connectivity index (χ1n) is 6.92. The summed E-state index contributed by atoms with van der Waals surface area (Å²) in [5.74, 6) is 0.970. The van der Waals surface area contributed by atoms with Crippen molar-refractivity contribution in [2.45, 2.75) is 24.6 Å². The first-order valence-corrected chi connectivity index (χ1v) is 8.63. The SMILES string of the molecule is O=S1(=O)CCCC1CNCc1nnnn1-c1ccccc1. The third-order valence-corrected chi connectivity index (χ3v) is 5.93. The van der Waals surface area contributed by atoms with Gasteiger partial charge in [0, 0.05) is 6.54 Å². The molecule has 1 unspecified atom stereocenters. The molecule has 0 radical (unpaired) electrons. The summed E-state index contributed by atoms with van der Waals surface area (Å²) >= 11 is 0. The molecule has 112 valence electrons. The average molecular weight is 307 g/mol. The van der Waals surface area contributed by atoms with E-state index in [1.807, 2.05) is 30.3 Å². The molecule has 7 nitrogen and oxygen atoms in total. The molecule has 21 heavy (non-hydrogen) atoms. The number of sulfone groups is 1. The number of nitrogens with zero attached hydrogens (tertiary/aromatic N) is 4. The van der Waals surface area contributed by atoms with E-state index >= 15 is 0 Å². The number of para-hydroxylation sites is 1. The highest BCUT2D eigenvalue weighted by molar-refractivity contribution is 7.92. The Bertz CT molecular complexity index is 698. The van der Waals surface area contributed by atoms with Crippen molar-refractivity contribution in [3.8, 4) is 5.69 Å². The first kappa shape index (κ1) is 14.2. The number of hydrogen-bond donors (Lipinski definition) is 1. The van der Waals surface area contributed by atoms with E-state index in [0.29, 0.717) is 24.7 Å². The van der Waals surface area contributed by atoms with Crippen LogP contribution in [0.2, 0.25) is 0 Å². The summed E-state index contributed by atoms with van der Waals surface area (Å²) < 4.78 is 25.2. The normalized spacial score (nSPS) is 20.7. The monoisotopic (exact) mass is 307 g/mol. The lowest BCUT2D eigenvalue weighted by atomic mass is 10.2. The molecule has 0 amide bonds. The summed E-state index contributed by atoms with van der Waals surface area (Å²) in [6.45, 7) is 0.887. The maximum absolute atomic E-state index is 11.8. The Morgan fingerprint density at radius 3 is 2.81 bits per heavy atom. The lowest BCUT2D eigenvalue weighted by molar-refractivity contribution is 0.567. The minimum Gasteiger partial charge on any atom is -0.308 e. The van der Waals surface area contributed by atoms with Crippen LogP contribution >= 0.6 is 0 Å². The average Bonchev–Trinajstić information content (AvgIpc) is 3.07. The zero-order valence-electron chi connectivity index (χ0n) is 11.5. The van der Waals surface area contributed by atoms with Crippen LogP contribution in [0.25, 0.3) is 5.69 Å². The molecule has 0 aliphatic carbocycles. The summed E-state index contributed by atoms with van der Waals surface area (Å²) in [5, 5.41) is 14.5. The molecule has 1 fully saturated rings. The molecule has 0 bridgehead atoms. The second-order valence-corrected chi connectivity index (χ2v) is 7.51. The molecule has 1 aliphatic heterocycles. The Morgan fingerprint density at radius 1 is 1.29 bits per heavy atom. The van der Waals surface area contributed by atoms with Crippen LogP contribution in [0.4, 0.5) is 0 Å². The van der Waals surface area contributed by atoms with Crippen LogP contribution in [0.5, 0.6) is 0 Å². The maximum Gasteiger partial charge on any atom is 0.170 e. The van der Waals surface area contributed by atoms with Crippen LogP contribution < -0.4 is 5.32 Å². The third kappa shape index (κ3) is 3.11. The van der Waals surface area contributed by atoms with Crippen molar-refractivity contribution in [1.82, 2.24) is 25.5 Å². The summed E-state index contributed by atoms with van der Waals surface area (Å²) in [5.41, 5.74) is 0.882. The summed E-state index contributed by atoms with van der Waals surface area (Å²) in [7, 11) is -2.91. The van der Waals surface area contributed by atoms with Crippen LogP contribution in [0.1, 0.15) is 18.7 Å². The van der Waals surface area contributed by atoms with Gasteiger partial charge in [-0.3, -0.25) is 0 Å². The van der Waals surface area contributed by atoms with Crippen molar-refractivity contribution in [1.29, 1.82) is 0 Å². The van der Waals surface area contributed by atoms with Gasteiger partial charge in [0.1, 0.15) is 0 Å². The molecular weight excluding hydrogens is 290 g/mol. The Labute approximate surface area is 123 Å². The highest BCUT2D eigenvalue weighted by Crippen LogP contribution is 2.19. The highest BCUT2D eigenvalue weighted by Gasteiger charge is 2.30. The van der Waals surface area contributed by atoms with E-state index in [4.69, 9.17) is 0 Å². The third-order valence-electron chi connectivity index (χ3n) is 3.65. The van der Waals surface area contributed by atoms with Gasteiger partial charge in [-0.15, -0.1) is 5.10 Å². The van der Waals surface area contributed by atoms with Gasteiger partial charge >= 0.3 is 0 Å². The minimum atomic E-state index is -2.91. The Balaban J connectivity index is 1.63. The second-order valence-electron chi connectivity index (χ2n) is 5.10. The Morgan fingerprint density at radius 2 is 2.10 bits per heavy atom. The fourth-order valence-electron chi connectivity index (χ4n) is 2.52. The van der Waals surface area contributed by atoms with Crippen molar-refractivity contribution < 1.29 is 8.42 Å². The van der Waals surface area contributed by atoms with Crippen LogP contribution in [-0.4, -0.2) is 46.2 Å². The second kappa shape index (κ2) is 5.90. The molecule has 1 aromatic heterocycles. The largest absolute Gasteiger partial charge is 0.308 e. The van der Waals surface area contributed by atoms with Crippen LogP contribution in [-0.2, 0) is 16.4 Å². The van der Waals surface area contributed by atoms with Crippen molar-refractivity contribution in [2.75, 3.05) is 12.3 Å². The molecule has 1 saturated heterocycles. The predicted octanol–water partition coefficient (Wildman–Crippen LogP) is 0.329. The Hall–Kier alpha value is -1.80. The van der Waals surface area contributed by atoms with Crippen molar-refractivity contribution in [3.63, 3.8) is 0 Å². The first-order chi connectivity index (χ1) is 10.2. The molecular formula is C13H17N5O2S. The number of hydrogen-bond acceptors (Lipinski definition) is 6. The molecule has 8 heteroatoms. The molecule has 1 aliphatic rings. The number of rotatable bonds is 5. The molecule has 0 saturated carbocycles. The lowest BCUT2D eigenvalue weighted by Crippen LogP contribution is -2.31. The molecule has 1 N–H and O–H groups in total. The van der Waals surface area contributed by atoms with Crippen molar-refractivity contribution in [2.24, 2.45) is 0 Å². The van der Waals surface area contributed by atoms with E-state index in [1.54, 1.807) is 4.68 Å². The quantitative estimate of drug-likeness (QED) is 0.856. The zero-order valence-corrected chi connectivity index (χ0v) is 12.3. The summed E-state index contributed by atoms with van der Waals surface area (Å²) in [6.07, 6.45) is 1.50. The predicted molar refractivity (Wildman–Crippen MR) is 77.7 cm³/mol. The standard InChI is InChI=1S/C13H17N5O2S/c19-21(20)8-4-7-12(21)9-14-10-13-15-16-17-18(13)11-5-2-1-3-6-11/h1-3,5-6,12,14H,4,7-10H2. The maximum atomic E-state index is 11.8. The van der Waals surface area contributed by atoms with Gasteiger partial charge in [-0.1, -0.05) is 18.2 Å². The van der Waals surface area contributed by atoms with E-state index in [9.17, 15) is 8.42 Å². The smallest absolute Gasteiger partial charge is 0.170 e. The minimum absolute atomic E-state index is 0.279. The number of aromatic nitrogens is 4. The number of benzene rings is 1. The van der Waals surface area contributed by atoms with Crippen LogP contribution in [0.3, 0.4) is 0 Å². The molecule has 1 aromatic carbocycles. The Kier molecular flexibility index (Phi) is 3.98. The summed E-state index contributed by atoms with van der Waals surface area (Å²) in [6, 6.07) is 9.60. The number of tetrazole rings is 1. The van der Waals surface area contributed by atoms with Gasteiger partial charge < -0.3 is 5.32 Å². The fraction of sp³-hybridized carbons (Fsp3) is 0.462. The van der Waals surface area contributed by atoms with E-state index < -0.39 is 9.84 Å². The summed E-state index contributed by atoms with van der Waals surface area (Å²) in [4.78, 5) is 0. The molecule has 1 atom stereocenters. The topological polar surface area (TPSA) is 89.8 Å². The van der Waals surface area contributed by atoms with Gasteiger partial charge in [-0.2, -0.15) is 4.68 Å². The molecule has 2 aromatic rings. The van der Waals surface area contributed by atoms with Crippen molar-refractivity contribution >= 4 is 9.84 Å². The van der Waals surface area contributed by atoms with Crippen molar-refractivity contribution in [3.05, 3.63) is 36.2 Å². The van der Waals surface area contributed by atoms with E-state index in [2.05, 4.69) is 20.8 Å². The van der Waals surface area contributed by atoms with Gasteiger partial charge in [0.05, 0.1) is 23.2 Å². The molecule has 2 heterocycles.